The van der Waals surface area contributed by atoms with Gasteiger partial charge in [0, 0.05) is 12.0 Å². The molecule has 0 aliphatic rings. The Morgan fingerprint density at radius 2 is 2.00 bits per heavy atom. The van der Waals surface area contributed by atoms with Crippen LogP contribution in [0.3, 0.4) is 0 Å². The van der Waals surface area contributed by atoms with Crippen LogP contribution in [0.15, 0.2) is 24.3 Å². The number of carboxylic acid groups (broad SMARTS) is 1. The van der Waals surface area contributed by atoms with Crippen LogP contribution in [0.25, 0.3) is 0 Å². The summed E-state index contributed by atoms with van der Waals surface area (Å²) in [6, 6.07) is 4.45. The molecule has 0 atom stereocenters. The number of halogens is 4. The molecule has 94 valence electrons. The summed E-state index contributed by atoms with van der Waals surface area (Å²) in [5, 5.41) is 8.42. The lowest BCUT2D eigenvalue weighted by atomic mass is 10.0. The smallest absolute Gasteiger partial charge is 0.332 e. The first-order chi connectivity index (χ1) is 7.84. The zero-order chi connectivity index (χ0) is 13.1. The number of carbonyl (C=O) groups is 1. The molecule has 0 aliphatic heterocycles. The van der Waals surface area contributed by atoms with Crippen molar-refractivity contribution < 1.29 is 27.5 Å². The fourth-order valence-corrected chi connectivity index (χ4v) is 1.31. The van der Waals surface area contributed by atoms with Gasteiger partial charge in [-0.15, -0.1) is 0 Å². The van der Waals surface area contributed by atoms with Crippen molar-refractivity contribution in [3.63, 3.8) is 0 Å². The molecule has 0 spiro atoms. The molecule has 1 N–H and O–H groups in total. The van der Waals surface area contributed by atoms with E-state index in [1.807, 2.05) is 0 Å². The van der Waals surface area contributed by atoms with E-state index in [9.17, 15) is 22.4 Å². The van der Waals surface area contributed by atoms with Crippen LogP contribution in [-0.2, 0) is 17.1 Å². The minimum absolute atomic E-state index is 0.0302. The number of carboxylic acids is 1. The van der Waals surface area contributed by atoms with E-state index in [0.29, 0.717) is 5.56 Å². The summed E-state index contributed by atoms with van der Waals surface area (Å²) in [7, 11) is 0. The fraction of sp³-hybridized carbons (Fsp3) is 0.364. The topological polar surface area (TPSA) is 37.3 Å². The van der Waals surface area contributed by atoms with E-state index in [-0.39, 0.29) is 12.8 Å². The summed E-state index contributed by atoms with van der Waals surface area (Å²) in [6.45, 7) is 0. The summed E-state index contributed by atoms with van der Waals surface area (Å²) in [6.07, 6.45) is -3.98. The van der Waals surface area contributed by atoms with Crippen LogP contribution in [0.5, 0.6) is 0 Å². The summed E-state index contributed by atoms with van der Waals surface area (Å²) in [5.41, 5.74) is -0.499. The van der Waals surface area contributed by atoms with Gasteiger partial charge in [-0.25, -0.2) is 8.78 Å². The molecule has 0 aromatic heterocycles. The lowest BCUT2D eigenvalue weighted by Gasteiger charge is -2.16. The molecule has 0 fully saturated rings. The number of alkyl halides is 4. The van der Waals surface area contributed by atoms with E-state index in [1.54, 1.807) is 0 Å². The van der Waals surface area contributed by atoms with Crippen molar-refractivity contribution in [3.8, 4) is 0 Å². The van der Waals surface area contributed by atoms with Crippen LogP contribution >= 0.6 is 0 Å². The predicted octanol–water partition coefficient (Wildman–Crippen LogP) is 3.06. The first-order valence-electron chi connectivity index (χ1n) is 4.81. The third-order valence-corrected chi connectivity index (χ3v) is 2.21. The van der Waals surface area contributed by atoms with E-state index in [4.69, 9.17) is 5.11 Å². The average Bonchev–Trinajstić information content (AvgIpc) is 2.26. The maximum absolute atomic E-state index is 13.0. The van der Waals surface area contributed by atoms with Crippen molar-refractivity contribution in [1.29, 1.82) is 0 Å². The van der Waals surface area contributed by atoms with Gasteiger partial charge < -0.3 is 5.11 Å². The van der Waals surface area contributed by atoms with Crippen LogP contribution in [0, 0.1) is 0 Å². The van der Waals surface area contributed by atoms with Crippen molar-refractivity contribution in [2.75, 3.05) is 0 Å². The highest BCUT2D eigenvalue weighted by molar-refractivity contribution is 5.67. The molecule has 0 unspecified atom stereocenters. The lowest BCUT2D eigenvalue weighted by Crippen LogP contribution is -2.23. The summed E-state index contributed by atoms with van der Waals surface area (Å²) in [4.78, 5) is 10.3. The highest BCUT2D eigenvalue weighted by Gasteiger charge is 2.42. The van der Waals surface area contributed by atoms with Crippen LogP contribution < -0.4 is 0 Å². The van der Waals surface area contributed by atoms with E-state index in [2.05, 4.69) is 0 Å². The summed E-state index contributed by atoms with van der Waals surface area (Å²) in [5.74, 6) is -5.28. The number of hydrogen-bond donors (Lipinski definition) is 1. The zero-order valence-corrected chi connectivity index (χ0v) is 8.67. The second kappa shape index (κ2) is 5.16. The Balaban J connectivity index is 2.89. The Bertz CT molecular complexity index is 404. The van der Waals surface area contributed by atoms with Gasteiger partial charge >= 0.3 is 18.3 Å². The van der Waals surface area contributed by atoms with Gasteiger partial charge in [-0.1, -0.05) is 18.2 Å². The van der Waals surface area contributed by atoms with Crippen molar-refractivity contribution in [2.45, 2.75) is 25.2 Å². The lowest BCUT2D eigenvalue weighted by molar-refractivity contribution is -0.136. The molecule has 0 radical (unpaired) electrons. The fourth-order valence-electron chi connectivity index (χ4n) is 1.31. The molecule has 2 nitrogen and oxygen atoms in total. The molecule has 0 amide bonds. The first-order valence-corrected chi connectivity index (χ1v) is 4.81. The standard InChI is InChI=1S/C11H10F4O2/c12-10(13)11(14,15)8-3-1-2-7(6-8)4-5-9(16)17/h1-3,6,10H,4-5H2,(H,16,17). The molecular formula is C11H10F4O2. The van der Waals surface area contributed by atoms with Gasteiger partial charge in [-0.05, 0) is 18.1 Å². The molecule has 17 heavy (non-hydrogen) atoms. The van der Waals surface area contributed by atoms with E-state index < -0.39 is 23.9 Å². The molecule has 0 bridgehead atoms. The van der Waals surface area contributed by atoms with Crippen LogP contribution in [-0.4, -0.2) is 17.5 Å². The van der Waals surface area contributed by atoms with Crippen molar-refractivity contribution >= 4 is 5.97 Å². The van der Waals surface area contributed by atoms with Crippen LogP contribution in [0.2, 0.25) is 0 Å². The quantitative estimate of drug-likeness (QED) is 0.815. The van der Waals surface area contributed by atoms with Gasteiger partial charge in [0.05, 0.1) is 0 Å². The van der Waals surface area contributed by atoms with E-state index >= 15 is 0 Å². The maximum atomic E-state index is 13.0. The predicted molar refractivity (Wildman–Crippen MR) is 52.3 cm³/mol. The highest BCUT2D eigenvalue weighted by atomic mass is 19.3. The molecule has 1 rings (SSSR count). The molecule has 1 aromatic carbocycles. The van der Waals surface area contributed by atoms with Crippen molar-refractivity contribution in [1.82, 2.24) is 0 Å². The number of rotatable bonds is 5. The van der Waals surface area contributed by atoms with Crippen LogP contribution in [0.4, 0.5) is 17.6 Å². The monoisotopic (exact) mass is 250 g/mol. The molecular weight excluding hydrogens is 240 g/mol. The minimum atomic E-state index is -4.21. The Labute approximate surface area is 94.9 Å². The SMILES string of the molecule is O=C(O)CCc1cccc(C(F)(F)C(F)F)c1. The summed E-state index contributed by atoms with van der Waals surface area (Å²) >= 11 is 0. The third kappa shape index (κ3) is 3.44. The first kappa shape index (κ1) is 13.5. The highest BCUT2D eigenvalue weighted by Crippen LogP contribution is 2.34. The normalized spacial score (nSPS) is 11.8. The van der Waals surface area contributed by atoms with E-state index in [1.165, 1.54) is 12.1 Å². The Hall–Kier alpha value is -1.59. The Morgan fingerprint density at radius 3 is 2.53 bits per heavy atom. The number of benzene rings is 1. The van der Waals surface area contributed by atoms with Gasteiger partial charge in [0.25, 0.3) is 0 Å². The number of hydrogen-bond acceptors (Lipinski definition) is 1. The van der Waals surface area contributed by atoms with Crippen molar-refractivity contribution in [2.24, 2.45) is 0 Å². The van der Waals surface area contributed by atoms with Gasteiger partial charge in [0.15, 0.2) is 0 Å². The molecule has 1 aromatic rings. The Morgan fingerprint density at radius 1 is 1.35 bits per heavy atom. The van der Waals surface area contributed by atoms with Crippen molar-refractivity contribution in [3.05, 3.63) is 35.4 Å². The second-order valence-corrected chi connectivity index (χ2v) is 3.52. The largest absolute Gasteiger partial charge is 0.481 e. The number of aryl methyl sites for hydroxylation is 1. The molecule has 0 saturated carbocycles. The molecule has 6 heteroatoms. The number of aliphatic carboxylic acids is 1. The molecule has 0 saturated heterocycles. The van der Waals surface area contributed by atoms with Gasteiger partial charge in [-0.2, -0.15) is 8.78 Å². The zero-order valence-electron chi connectivity index (χ0n) is 8.67. The maximum Gasteiger partial charge on any atom is 0.332 e. The van der Waals surface area contributed by atoms with Gasteiger partial charge in [0.1, 0.15) is 0 Å². The van der Waals surface area contributed by atoms with Gasteiger partial charge in [0.2, 0.25) is 0 Å². The van der Waals surface area contributed by atoms with E-state index in [0.717, 1.165) is 12.1 Å². The minimum Gasteiger partial charge on any atom is -0.481 e. The third-order valence-electron chi connectivity index (χ3n) is 2.21. The average molecular weight is 250 g/mol. The molecule has 0 heterocycles. The van der Waals surface area contributed by atoms with Gasteiger partial charge in [-0.3, -0.25) is 4.79 Å². The van der Waals surface area contributed by atoms with Crippen LogP contribution in [0.1, 0.15) is 17.5 Å². The Kier molecular flexibility index (Phi) is 4.09. The molecule has 0 aliphatic carbocycles. The summed E-state index contributed by atoms with van der Waals surface area (Å²) < 4.78 is 50.2. The second-order valence-electron chi connectivity index (χ2n) is 3.52.